The molecule has 0 N–H and O–H groups in total. The maximum Gasteiger partial charge on any atom is 0.160 e. The van der Waals surface area contributed by atoms with Crippen LogP contribution in [0, 0.1) is 20.8 Å². The molecule has 0 saturated carbocycles. The van der Waals surface area contributed by atoms with Gasteiger partial charge in [0.1, 0.15) is 0 Å². The van der Waals surface area contributed by atoms with Crippen molar-refractivity contribution in [2.45, 2.75) is 20.8 Å². The lowest BCUT2D eigenvalue weighted by Crippen LogP contribution is -2.00. The van der Waals surface area contributed by atoms with E-state index in [1.165, 1.54) is 65.5 Å². The second kappa shape index (κ2) is 14.8. The van der Waals surface area contributed by atoms with Gasteiger partial charge in [0, 0.05) is 66.1 Å². The molecule has 66 heavy (non-hydrogen) atoms. The molecule has 9 aromatic carbocycles. The van der Waals surface area contributed by atoms with Gasteiger partial charge in [-0.25, -0.2) is 9.97 Å². The van der Waals surface area contributed by atoms with Gasteiger partial charge in [-0.3, -0.25) is 0 Å². The van der Waals surface area contributed by atoms with E-state index in [0.717, 1.165) is 61.7 Å². The Hall–Kier alpha value is -8.54. The Bertz CT molecular complexity index is 3910. The zero-order chi connectivity index (χ0) is 44.0. The number of hydrogen-bond donors (Lipinski definition) is 0. The Balaban J connectivity index is 1.04. The first-order valence-electron chi connectivity index (χ1n) is 22.7. The van der Waals surface area contributed by atoms with Crippen molar-refractivity contribution in [1.29, 1.82) is 0 Å². The fourth-order valence-electron chi connectivity index (χ4n) is 10.4. The first-order valence-corrected chi connectivity index (χ1v) is 22.7. The number of benzene rings is 9. The van der Waals surface area contributed by atoms with Crippen molar-refractivity contribution in [1.82, 2.24) is 23.7 Å². The summed E-state index contributed by atoms with van der Waals surface area (Å²) in [5.74, 6) is 0.708. The van der Waals surface area contributed by atoms with Gasteiger partial charge in [-0.15, -0.1) is 0 Å². The number of aryl methyl sites for hydroxylation is 3. The molecule has 5 heteroatoms. The molecule has 13 aromatic rings. The Morgan fingerprint density at radius 1 is 0.303 bits per heavy atom. The summed E-state index contributed by atoms with van der Waals surface area (Å²) >= 11 is 0. The van der Waals surface area contributed by atoms with E-state index in [0.29, 0.717) is 5.82 Å². The predicted octanol–water partition coefficient (Wildman–Crippen LogP) is 15.7. The van der Waals surface area contributed by atoms with Crippen LogP contribution in [0.1, 0.15) is 16.7 Å². The summed E-state index contributed by atoms with van der Waals surface area (Å²) in [7, 11) is 0. The third-order valence-corrected chi connectivity index (χ3v) is 13.5. The molecule has 13 rings (SSSR count). The van der Waals surface area contributed by atoms with Crippen molar-refractivity contribution in [3.63, 3.8) is 0 Å². The minimum absolute atomic E-state index is 0.708. The Labute approximate surface area is 382 Å². The van der Waals surface area contributed by atoms with Gasteiger partial charge in [-0.1, -0.05) is 126 Å². The molecule has 4 aromatic heterocycles. The van der Waals surface area contributed by atoms with Crippen LogP contribution >= 0.6 is 0 Å². The average Bonchev–Trinajstić information content (AvgIpc) is 3.99. The number of rotatable bonds is 6. The van der Waals surface area contributed by atoms with Gasteiger partial charge in [0.05, 0.1) is 44.5 Å². The maximum atomic E-state index is 5.17. The molecular formula is C61H43N5. The first-order chi connectivity index (χ1) is 32.4. The summed E-state index contributed by atoms with van der Waals surface area (Å²) in [6.07, 6.45) is 0. The lowest BCUT2D eigenvalue weighted by atomic mass is 10.0. The number of nitrogens with zero attached hydrogens (tertiary/aromatic N) is 5. The Kier molecular flexibility index (Phi) is 8.49. The largest absolute Gasteiger partial charge is 0.309 e. The number of hydrogen-bond acceptors (Lipinski definition) is 2. The number of aromatic nitrogens is 5. The van der Waals surface area contributed by atoms with E-state index < -0.39 is 0 Å². The SMILES string of the molecule is Cc1ccc2c(c1)c1cc(C)ccc1n2-c1ccc2c(c1)c1cc(-n3c4ccccc4c4ccccc43)ccc1n2-c1ccc(-c2cc(-c3ccccc3)nc(-c3ccccc3)n2)cc1C. The third kappa shape index (κ3) is 5.94. The standard InChI is InChI=1S/C61H43N5/c1-38-22-27-57-48(32-38)49-33-39(2)23-28-58(49)65(57)45-26-31-60-51(36-45)50-35-44(64-55-20-12-10-18-46(55)47-19-11-13-21-56(47)64)25-30-59(50)66(60)54-29-24-43(34-40(54)3)53-37-52(41-14-6-4-7-15-41)62-61(63-53)42-16-8-5-9-17-42/h4-37H,1-3H3. The highest BCUT2D eigenvalue weighted by Gasteiger charge is 2.21. The Morgan fingerprint density at radius 3 is 1.29 bits per heavy atom. The molecule has 0 spiro atoms. The molecule has 0 aliphatic rings. The highest BCUT2D eigenvalue weighted by molar-refractivity contribution is 6.14. The zero-order valence-electron chi connectivity index (χ0n) is 36.9. The minimum atomic E-state index is 0.708. The molecule has 0 saturated heterocycles. The van der Waals surface area contributed by atoms with Gasteiger partial charge in [0.2, 0.25) is 0 Å². The summed E-state index contributed by atoms with van der Waals surface area (Å²) < 4.78 is 7.31. The lowest BCUT2D eigenvalue weighted by molar-refractivity contribution is 1.14. The van der Waals surface area contributed by atoms with Crippen LogP contribution in [0.2, 0.25) is 0 Å². The van der Waals surface area contributed by atoms with Crippen molar-refractivity contribution in [2.75, 3.05) is 0 Å². The monoisotopic (exact) mass is 845 g/mol. The second-order valence-electron chi connectivity index (χ2n) is 17.7. The molecular weight excluding hydrogens is 803 g/mol. The van der Waals surface area contributed by atoms with Crippen LogP contribution in [0.3, 0.4) is 0 Å². The van der Waals surface area contributed by atoms with Crippen LogP contribution in [0.15, 0.2) is 206 Å². The third-order valence-electron chi connectivity index (χ3n) is 13.5. The van der Waals surface area contributed by atoms with Crippen LogP contribution in [0.4, 0.5) is 0 Å². The molecule has 0 amide bonds. The molecule has 312 valence electrons. The normalized spacial score (nSPS) is 11.9. The molecule has 0 atom stereocenters. The van der Waals surface area contributed by atoms with Gasteiger partial charge in [0.15, 0.2) is 5.82 Å². The van der Waals surface area contributed by atoms with E-state index in [1.54, 1.807) is 0 Å². The topological polar surface area (TPSA) is 40.6 Å². The van der Waals surface area contributed by atoms with E-state index in [9.17, 15) is 0 Å². The van der Waals surface area contributed by atoms with Crippen molar-refractivity contribution in [2.24, 2.45) is 0 Å². The number of fused-ring (bicyclic) bond motifs is 9. The van der Waals surface area contributed by atoms with Gasteiger partial charge in [0.25, 0.3) is 0 Å². The fourth-order valence-corrected chi connectivity index (χ4v) is 10.4. The van der Waals surface area contributed by atoms with Gasteiger partial charge < -0.3 is 13.7 Å². The summed E-state index contributed by atoms with van der Waals surface area (Å²) in [6.45, 7) is 6.58. The minimum Gasteiger partial charge on any atom is -0.309 e. The Morgan fingerprint density at radius 2 is 0.742 bits per heavy atom. The second-order valence-corrected chi connectivity index (χ2v) is 17.7. The average molecular weight is 846 g/mol. The summed E-state index contributed by atoms with van der Waals surface area (Å²) in [5.41, 5.74) is 19.0. The lowest BCUT2D eigenvalue weighted by Gasteiger charge is -2.15. The van der Waals surface area contributed by atoms with Crippen LogP contribution in [0.25, 0.3) is 116 Å². The molecule has 5 nitrogen and oxygen atoms in total. The molecule has 0 bridgehead atoms. The number of para-hydroxylation sites is 2. The van der Waals surface area contributed by atoms with E-state index in [2.05, 4.69) is 216 Å². The van der Waals surface area contributed by atoms with Gasteiger partial charge in [-0.05, 0) is 117 Å². The van der Waals surface area contributed by atoms with Crippen LogP contribution in [-0.2, 0) is 0 Å². The highest BCUT2D eigenvalue weighted by atomic mass is 15.0. The first kappa shape index (κ1) is 38.0. The summed E-state index contributed by atoms with van der Waals surface area (Å²) in [5, 5.41) is 7.44. The van der Waals surface area contributed by atoms with Crippen LogP contribution < -0.4 is 0 Å². The molecule has 0 aliphatic heterocycles. The van der Waals surface area contributed by atoms with E-state index in [4.69, 9.17) is 9.97 Å². The quantitative estimate of drug-likeness (QED) is 0.167. The molecule has 0 unspecified atom stereocenters. The van der Waals surface area contributed by atoms with Crippen LogP contribution in [0.5, 0.6) is 0 Å². The van der Waals surface area contributed by atoms with E-state index in [1.807, 2.05) is 24.3 Å². The van der Waals surface area contributed by atoms with Crippen LogP contribution in [-0.4, -0.2) is 23.7 Å². The fraction of sp³-hybridized carbons (Fsp3) is 0.0492. The maximum absolute atomic E-state index is 5.17. The van der Waals surface area contributed by atoms with Gasteiger partial charge in [-0.2, -0.15) is 0 Å². The van der Waals surface area contributed by atoms with Crippen molar-refractivity contribution in [3.8, 4) is 51.0 Å². The van der Waals surface area contributed by atoms with Crippen molar-refractivity contribution < 1.29 is 0 Å². The van der Waals surface area contributed by atoms with Crippen molar-refractivity contribution in [3.05, 3.63) is 223 Å². The van der Waals surface area contributed by atoms with Crippen molar-refractivity contribution >= 4 is 65.4 Å². The zero-order valence-corrected chi connectivity index (χ0v) is 36.9. The molecule has 0 aliphatic carbocycles. The predicted molar refractivity (Wildman–Crippen MR) is 276 cm³/mol. The molecule has 4 heterocycles. The van der Waals surface area contributed by atoms with Gasteiger partial charge >= 0.3 is 0 Å². The summed E-state index contributed by atoms with van der Waals surface area (Å²) in [6, 6.07) is 74.7. The van der Waals surface area contributed by atoms with E-state index >= 15 is 0 Å². The summed E-state index contributed by atoms with van der Waals surface area (Å²) in [4.78, 5) is 10.2. The molecule has 0 fully saturated rings. The molecule has 0 radical (unpaired) electrons. The van der Waals surface area contributed by atoms with E-state index in [-0.39, 0.29) is 0 Å². The smallest absolute Gasteiger partial charge is 0.160 e. The highest BCUT2D eigenvalue weighted by Crippen LogP contribution is 2.41.